The van der Waals surface area contributed by atoms with Crippen LogP contribution < -0.4 is 10.6 Å². The van der Waals surface area contributed by atoms with Crippen molar-refractivity contribution in [3.05, 3.63) is 27.3 Å². The van der Waals surface area contributed by atoms with Crippen LogP contribution in [0.15, 0.2) is 18.2 Å². The largest absolute Gasteiger partial charge is 0.335 e. The van der Waals surface area contributed by atoms with Crippen LogP contribution in [0.5, 0.6) is 0 Å². The zero-order valence-electron chi connectivity index (χ0n) is 12.3. The van der Waals surface area contributed by atoms with Crippen LogP contribution in [0, 0.1) is 10.5 Å². The highest BCUT2D eigenvalue weighted by Gasteiger charge is 2.28. The van der Waals surface area contributed by atoms with Crippen molar-refractivity contribution in [1.82, 2.24) is 15.2 Å². The van der Waals surface area contributed by atoms with Gasteiger partial charge in [0.2, 0.25) is 5.95 Å². The van der Waals surface area contributed by atoms with Gasteiger partial charge in [0.1, 0.15) is 0 Å². The summed E-state index contributed by atoms with van der Waals surface area (Å²) in [7, 11) is 0. The number of benzene rings is 1. The van der Waals surface area contributed by atoms with Crippen molar-refractivity contribution in [3.8, 4) is 11.4 Å². The van der Waals surface area contributed by atoms with Crippen LogP contribution >= 0.6 is 22.6 Å². The molecule has 2 unspecified atom stereocenters. The van der Waals surface area contributed by atoms with E-state index in [1.807, 2.05) is 0 Å². The second kappa shape index (κ2) is 5.92. The van der Waals surface area contributed by atoms with Crippen molar-refractivity contribution >= 4 is 28.5 Å². The highest BCUT2D eigenvalue weighted by Crippen LogP contribution is 2.27. The Morgan fingerprint density at radius 1 is 1.43 bits per heavy atom. The number of nitrogens with zero attached hydrogens (tertiary/aromatic N) is 3. The molecule has 6 heteroatoms. The lowest BCUT2D eigenvalue weighted by Crippen LogP contribution is -2.50. The van der Waals surface area contributed by atoms with Crippen molar-refractivity contribution in [3.63, 3.8) is 0 Å². The van der Waals surface area contributed by atoms with Crippen molar-refractivity contribution < 1.29 is 0 Å². The Kier molecular flexibility index (Phi) is 4.17. The number of hydrogen-bond donors (Lipinski definition) is 2. The van der Waals surface area contributed by atoms with E-state index >= 15 is 0 Å². The Hall–Kier alpha value is -1.15. The number of aromatic nitrogens is 3. The molecule has 0 aliphatic carbocycles. The summed E-state index contributed by atoms with van der Waals surface area (Å²) in [5.74, 6) is 1.58. The summed E-state index contributed by atoms with van der Waals surface area (Å²) in [5, 5.41) is 7.48. The maximum atomic E-state index is 6.16. The van der Waals surface area contributed by atoms with Crippen molar-refractivity contribution in [2.75, 3.05) is 11.4 Å². The number of piperidine rings is 1. The van der Waals surface area contributed by atoms with Gasteiger partial charge in [-0.2, -0.15) is 4.98 Å². The molecule has 3 N–H and O–H groups in total. The van der Waals surface area contributed by atoms with E-state index in [0.717, 1.165) is 36.7 Å². The number of aryl methyl sites for hydroxylation is 1. The van der Waals surface area contributed by atoms with Crippen LogP contribution in [0.3, 0.4) is 0 Å². The number of aromatic amines is 1. The van der Waals surface area contributed by atoms with Crippen molar-refractivity contribution in [2.24, 2.45) is 5.73 Å². The smallest absolute Gasteiger partial charge is 0.245 e. The molecule has 0 saturated carbocycles. The summed E-state index contributed by atoms with van der Waals surface area (Å²) in [6.45, 7) is 5.22. The summed E-state index contributed by atoms with van der Waals surface area (Å²) in [6.07, 6.45) is 2.17. The van der Waals surface area contributed by atoms with E-state index < -0.39 is 0 Å². The van der Waals surface area contributed by atoms with Crippen LogP contribution in [-0.2, 0) is 0 Å². The molecule has 5 nitrogen and oxygen atoms in total. The van der Waals surface area contributed by atoms with E-state index in [2.05, 4.69) is 74.7 Å². The molecule has 112 valence electrons. The van der Waals surface area contributed by atoms with E-state index in [9.17, 15) is 0 Å². The number of nitrogens with one attached hydrogen (secondary N) is 1. The van der Waals surface area contributed by atoms with Gasteiger partial charge in [0.25, 0.3) is 0 Å². The minimum Gasteiger partial charge on any atom is -0.335 e. The second-order valence-corrected chi connectivity index (χ2v) is 6.74. The van der Waals surface area contributed by atoms with Gasteiger partial charge < -0.3 is 10.6 Å². The molecule has 0 radical (unpaired) electrons. The highest BCUT2D eigenvalue weighted by atomic mass is 127. The third kappa shape index (κ3) is 2.78. The Labute approximate surface area is 138 Å². The number of halogens is 1. The molecule has 2 atom stereocenters. The average molecular weight is 397 g/mol. The van der Waals surface area contributed by atoms with E-state index in [1.165, 1.54) is 9.13 Å². The maximum absolute atomic E-state index is 6.16. The number of nitrogens with two attached hydrogens (primary N) is 1. The van der Waals surface area contributed by atoms with Crippen LogP contribution in [0.4, 0.5) is 5.95 Å². The fourth-order valence-electron chi connectivity index (χ4n) is 2.79. The molecular weight excluding hydrogens is 377 g/mol. The molecule has 2 aromatic rings. The van der Waals surface area contributed by atoms with Gasteiger partial charge in [0.15, 0.2) is 5.82 Å². The standard InChI is InChI=1S/C15H20IN5/c1-9-5-3-6-11(13(9)16)14-18-15(20-19-14)21-8-4-7-12(17)10(21)2/h3,5-6,10,12H,4,7-8,17H2,1-2H3,(H,18,19,20). The minimum atomic E-state index is 0.194. The first kappa shape index (κ1) is 14.8. The Morgan fingerprint density at radius 3 is 3.05 bits per heavy atom. The predicted molar refractivity (Wildman–Crippen MR) is 93.3 cm³/mol. The van der Waals surface area contributed by atoms with Crippen LogP contribution in [0.1, 0.15) is 25.3 Å². The zero-order valence-corrected chi connectivity index (χ0v) is 14.5. The lowest BCUT2D eigenvalue weighted by Gasteiger charge is -2.36. The molecule has 21 heavy (non-hydrogen) atoms. The topological polar surface area (TPSA) is 70.8 Å². The fraction of sp³-hybridized carbons (Fsp3) is 0.467. The molecule has 3 rings (SSSR count). The monoisotopic (exact) mass is 397 g/mol. The molecule has 0 spiro atoms. The normalized spacial score (nSPS) is 22.6. The number of H-pyrrole nitrogens is 1. The average Bonchev–Trinajstić information content (AvgIpc) is 2.94. The summed E-state index contributed by atoms with van der Waals surface area (Å²) in [4.78, 5) is 6.90. The predicted octanol–water partition coefficient (Wildman–Crippen LogP) is 2.70. The van der Waals surface area contributed by atoms with Crippen LogP contribution in [0.25, 0.3) is 11.4 Å². The molecule has 2 heterocycles. The van der Waals surface area contributed by atoms with Crippen molar-refractivity contribution in [2.45, 2.75) is 38.8 Å². The van der Waals surface area contributed by atoms with Gasteiger partial charge in [-0.15, -0.1) is 5.10 Å². The Bertz CT molecular complexity index is 639. The van der Waals surface area contributed by atoms with E-state index in [-0.39, 0.29) is 12.1 Å². The summed E-state index contributed by atoms with van der Waals surface area (Å²) in [5.41, 5.74) is 8.51. The van der Waals surface area contributed by atoms with Crippen molar-refractivity contribution in [1.29, 1.82) is 0 Å². The third-order valence-electron chi connectivity index (χ3n) is 4.23. The van der Waals surface area contributed by atoms with E-state index in [4.69, 9.17) is 5.73 Å². The third-order valence-corrected chi connectivity index (χ3v) is 5.66. The van der Waals surface area contributed by atoms with Gasteiger partial charge >= 0.3 is 0 Å². The molecule has 1 fully saturated rings. The van der Waals surface area contributed by atoms with Gasteiger partial charge in [-0.3, -0.25) is 5.10 Å². The van der Waals surface area contributed by atoms with E-state index in [1.54, 1.807) is 0 Å². The zero-order chi connectivity index (χ0) is 15.0. The molecule has 1 aromatic carbocycles. The Morgan fingerprint density at radius 2 is 2.24 bits per heavy atom. The first-order chi connectivity index (χ1) is 10.1. The molecule has 1 aliphatic heterocycles. The highest BCUT2D eigenvalue weighted by molar-refractivity contribution is 14.1. The first-order valence-corrected chi connectivity index (χ1v) is 8.36. The molecular formula is C15H20IN5. The number of hydrogen-bond acceptors (Lipinski definition) is 4. The maximum Gasteiger partial charge on any atom is 0.245 e. The Balaban J connectivity index is 1.91. The van der Waals surface area contributed by atoms with Gasteiger partial charge in [0.05, 0.1) is 0 Å². The van der Waals surface area contributed by atoms with Crippen LogP contribution in [-0.4, -0.2) is 33.8 Å². The summed E-state index contributed by atoms with van der Waals surface area (Å²) in [6, 6.07) is 6.70. The SMILES string of the molecule is Cc1cccc(-c2nc(N3CCCC(N)C3C)n[nH]2)c1I. The fourth-order valence-corrected chi connectivity index (χ4v) is 3.40. The van der Waals surface area contributed by atoms with E-state index in [0.29, 0.717) is 0 Å². The quantitative estimate of drug-likeness (QED) is 0.765. The minimum absolute atomic E-state index is 0.194. The number of anilines is 1. The summed E-state index contributed by atoms with van der Waals surface area (Å²) < 4.78 is 1.21. The molecule has 1 saturated heterocycles. The summed E-state index contributed by atoms with van der Waals surface area (Å²) >= 11 is 2.36. The van der Waals surface area contributed by atoms with Gasteiger partial charge in [0, 0.05) is 27.8 Å². The lowest BCUT2D eigenvalue weighted by molar-refractivity contribution is 0.416. The lowest BCUT2D eigenvalue weighted by atomic mass is 9.99. The van der Waals surface area contributed by atoms with Gasteiger partial charge in [-0.25, -0.2) is 0 Å². The van der Waals surface area contributed by atoms with Crippen LogP contribution in [0.2, 0.25) is 0 Å². The molecule has 1 aromatic heterocycles. The number of rotatable bonds is 2. The second-order valence-electron chi connectivity index (χ2n) is 5.66. The first-order valence-electron chi connectivity index (χ1n) is 7.28. The molecule has 0 amide bonds. The van der Waals surface area contributed by atoms with Gasteiger partial charge in [-0.1, -0.05) is 18.2 Å². The molecule has 0 bridgehead atoms. The van der Waals surface area contributed by atoms with Gasteiger partial charge in [-0.05, 0) is 54.8 Å². The molecule has 1 aliphatic rings.